The highest BCUT2D eigenvalue weighted by Gasteiger charge is 2.38. The largest absolute Gasteiger partial charge is 0.436 e. The van der Waals surface area contributed by atoms with E-state index in [4.69, 9.17) is 16.3 Å². The second-order valence-corrected chi connectivity index (χ2v) is 6.36. The van der Waals surface area contributed by atoms with Gasteiger partial charge in [0.15, 0.2) is 17.6 Å². The van der Waals surface area contributed by atoms with Crippen LogP contribution in [0.1, 0.15) is 23.0 Å². The van der Waals surface area contributed by atoms with E-state index in [1.54, 1.807) is 0 Å². The number of aromatic nitrogens is 1. The van der Waals surface area contributed by atoms with Crippen molar-refractivity contribution in [1.29, 1.82) is 0 Å². The fourth-order valence-corrected chi connectivity index (χ4v) is 2.80. The molecule has 2 atom stereocenters. The van der Waals surface area contributed by atoms with Gasteiger partial charge < -0.3 is 15.4 Å². The molecule has 2 N–H and O–H groups in total. The second kappa shape index (κ2) is 7.82. The van der Waals surface area contributed by atoms with E-state index in [2.05, 4.69) is 15.6 Å². The highest BCUT2D eigenvalue weighted by atomic mass is 35.5. The Morgan fingerprint density at radius 2 is 1.93 bits per heavy atom. The summed E-state index contributed by atoms with van der Waals surface area (Å²) in [6.07, 6.45) is -7.17. The third-order valence-corrected chi connectivity index (χ3v) is 4.26. The Labute approximate surface area is 165 Å². The zero-order valence-corrected chi connectivity index (χ0v) is 14.9. The van der Waals surface area contributed by atoms with Crippen molar-refractivity contribution >= 4 is 23.6 Å². The first kappa shape index (κ1) is 20.8. The van der Waals surface area contributed by atoms with Crippen molar-refractivity contribution in [3.8, 4) is 0 Å². The normalized spacial score (nSPS) is 17.4. The van der Waals surface area contributed by atoms with E-state index >= 15 is 0 Å². The van der Waals surface area contributed by atoms with Gasteiger partial charge in [0.05, 0.1) is 23.3 Å². The molecule has 0 bridgehead atoms. The van der Waals surface area contributed by atoms with E-state index in [-0.39, 0.29) is 22.8 Å². The maximum absolute atomic E-state index is 13.6. The quantitative estimate of drug-likeness (QED) is 0.722. The molecule has 1 aliphatic heterocycles. The van der Waals surface area contributed by atoms with E-state index in [9.17, 15) is 31.5 Å². The summed E-state index contributed by atoms with van der Waals surface area (Å²) in [5, 5.41) is 4.26. The number of halogens is 6. The molecule has 2 amide bonds. The number of nitrogens with one attached hydrogen (secondary N) is 2. The summed E-state index contributed by atoms with van der Waals surface area (Å²) in [6.45, 7) is -0.161. The lowest BCUT2D eigenvalue weighted by molar-refractivity contribution is -0.143. The van der Waals surface area contributed by atoms with Crippen LogP contribution in [0.15, 0.2) is 30.3 Å². The number of ether oxygens (including phenoxy) is 1. The van der Waals surface area contributed by atoms with Gasteiger partial charge in [0.2, 0.25) is 0 Å². The fraction of sp³-hybridized carbons (Fsp3) is 0.235. The topological polar surface area (TPSA) is 80.3 Å². The molecule has 0 radical (unpaired) electrons. The van der Waals surface area contributed by atoms with Gasteiger partial charge in [-0.3, -0.25) is 4.79 Å². The molecule has 29 heavy (non-hydrogen) atoms. The van der Waals surface area contributed by atoms with Gasteiger partial charge in [-0.15, -0.1) is 0 Å². The number of hydrogen-bond acceptors (Lipinski definition) is 4. The molecule has 0 aliphatic carbocycles. The van der Waals surface area contributed by atoms with Crippen molar-refractivity contribution < 1.29 is 36.3 Å². The monoisotopic (exact) mass is 435 g/mol. The summed E-state index contributed by atoms with van der Waals surface area (Å²) in [6, 6.07) is 3.32. The van der Waals surface area contributed by atoms with Crippen molar-refractivity contribution in [3.05, 3.63) is 63.9 Å². The smallest absolute Gasteiger partial charge is 0.434 e. The molecule has 1 saturated heterocycles. The van der Waals surface area contributed by atoms with E-state index in [1.165, 1.54) is 6.07 Å². The molecule has 1 aromatic carbocycles. The number of cyclic esters (lactones) is 1. The molecular weight excluding hydrogens is 425 g/mol. The van der Waals surface area contributed by atoms with Crippen molar-refractivity contribution in [2.45, 2.75) is 18.3 Å². The molecule has 2 aromatic rings. The van der Waals surface area contributed by atoms with Gasteiger partial charge in [-0.2, -0.15) is 13.2 Å². The molecule has 2 heterocycles. The van der Waals surface area contributed by atoms with Crippen LogP contribution in [0.4, 0.5) is 26.7 Å². The maximum Gasteiger partial charge on any atom is 0.436 e. The van der Waals surface area contributed by atoms with Gasteiger partial charge in [0, 0.05) is 0 Å². The average Bonchev–Trinajstić information content (AvgIpc) is 3.08. The van der Waals surface area contributed by atoms with Crippen LogP contribution in [0.25, 0.3) is 0 Å². The van der Waals surface area contributed by atoms with Gasteiger partial charge in [-0.1, -0.05) is 17.7 Å². The molecule has 1 aromatic heterocycles. The molecule has 154 valence electrons. The first-order chi connectivity index (χ1) is 13.6. The highest BCUT2D eigenvalue weighted by Crippen LogP contribution is 2.32. The van der Waals surface area contributed by atoms with Crippen LogP contribution < -0.4 is 10.6 Å². The lowest BCUT2D eigenvalue weighted by Gasteiger charge is -2.21. The number of carbonyl (C=O) groups excluding carboxylic acids is 2. The van der Waals surface area contributed by atoms with Crippen molar-refractivity contribution in [1.82, 2.24) is 15.6 Å². The van der Waals surface area contributed by atoms with Crippen LogP contribution in [-0.2, 0) is 15.7 Å². The molecule has 6 nitrogen and oxygen atoms in total. The van der Waals surface area contributed by atoms with Crippen LogP contribution in [0.5, 0.6) is 0 Å². The van der Waals surface area contributed by atoms with Crippen LogP contribution in [0.3, 0.4) is 0 Å². The number of pyridine rings is 1. The minimum absolute atomic E-state index is 0.0780. The number of rotatable bonds is 4. The van der Waals surface area contributed by atoms with Crippen molar-refractivity contribution in [3.63, 3.8) is 0 Å². The molecule has 3 rings (SSSR count). The zero-order valence-electron chi connectivity index (χ0n) is 14.2. The van der Waals surface area contributed by atoms with Crippen molar-refractivity contribution in [2.24, 2.45) is 0 Å². The summed E-state index contributed by atoms with van der Waals surface area (Å²) in [5.41, 5.74) is -2.09. The van der Waals surface area contributed by atoms with E-state index in [0.29, 0.717) is 6.07 Å². The third-order valence-electron chi connectivity index (χ3n) is 3.97. The predicted octanol–water partition coefficient (Wildman–Crippen LogP) is 3.35. The lowest BCUT2D eigenvalue weighted by atomic mass is 10.0. The van der Waals surface area contributed by atoms with E-state index < -0.39 is 47.7 Å². The molecular formula is C17H11ClF5N3O3. The van der Waals surface area contributed by atoms with E-state index in [0.717, 1.165) is 18.2 Å². The number of alkyl carbamates (subject to hydrolysis) is 1. The maximum atomic E-state index is 13.6. The number of benzene rings is 1. The SMILES string of the molecule is O=C1NC[C@@H](C(=O)NC(c2ccc(F)c(Cl)c2)c2ccc(F)c(C(F)(F)F)n2)O1. The van der Waals surface area contributed by atoms with Crippen LogP contribution >= 0.6 is 11.6 Å². The Kier molecular flexibility index (Phi) is 5.60. The molecule has 0 saturated carbocycles. The Hall–Kier alpha value is -2.95. The summed E-state index contributed by atoms with van der Waals surface area (Å²) in [7, 11) is 0. The first-order valence-electron chi connectivity index (χ1n) is 7.99. The van der Waals surface area contributed by atoms with E-state index in [1.807, 2.05) is 0 Å². The van der Waals surface area contributed by atoms with Crippen LogP contribution in [-0.4, -0.2) is 29.6 Å². The third kappa shape index (κ3) is 4.56. The average molecular weight is 436 g/mol. The molecule has 1 fully saturated rings. The minimum atomic E-state index is -5.08. The van der Waals surface area contributed by atoms with Gasteiger partial charge in [-0.05, 0) is 29.8 Å². The standard InChI is InChI=1S/C17H11ClF5N3O3/c18-8-5-7(1-2-9(8)19)13(26-15(27)12-6-24-16(28)29-12)11-4-3-10(20)14(25-11)17(21,22)23/h1-5,12-13H,6H2,(H,24,28)(H,26,27)/t12-,13?/m0/s1. The zero-order chi connectivity index (χ0) is 21.3. The number of carbonyl (C=O) groups is 2. The van der Waals surface area contributed by atoms with Gasteiger partial charge in [0.1, 0.15) is 5.82 Å². The van der Waals surface area contributed by atoms with Crippen LogP contribution in [0.2, 0.25) is 5.02 Å². The minimum Gasteiger partial charge on any atom is -0.434 e. The second-order valence-electron chi connectivity index (χ2n) is 5.95. The highest BCUT2D eigenvalue weighted by molar-refractivity contribution is 6.30. The first-order valence-corrected chi connectivity index (χ1v) is 8.37. The molecule has 1 aliphatic rings. The Morgan fingerprint density at radius 1 is 1.24 bits per heavy atom. The Balaban J connectivity index is 2.02. The van der Waals surface area contributed by atoms with Gasteiger partial charge in [0.25, 0.3) is 5.91 Å². The molecule has 1 unspecified atom stereocenters. The van der Waals surface area contributed by atoms with Crippen LogP contribution in [0, 0.1) is 11.6 Å². The summed E-state index contributed by atoms with van der Waals surface area (Å²) in [4.78, 5) is 26.8. The predicted molar refractivity (Wildman–Crippen MR) is 88.9 cm³/mol. The Bertz CT molecular complexity index is 970. The fourth-order valence-electron chi connectivity index (χ4n) is 2.61. The number of hydrogen-bond donors (Lipinski definition) is 2. The number of nitrogens with zero attached hydrogens (tertiary/aromatic N) is 1. The number of alkyl halides is 3. The molecule has 12 heteroatoms. The lowest BCUT2D eigenvalue weighted by Crippen LogP contribution is -2.39. The summed E-state index contributed by atoms with van der Waals surface area (Å²) in [5.74, 6) is -3.25. The van der Waals surface area contributed by atoms with Crippen molar-refractivity contribution in [2.75, 3.05) is 6.54 Å². The Morgan fingerprint density at radius 3 is 2.52 bits per heavy atom. The number of amides is 2. The van der Waals surface area contributed by atoms with Gasteiger partial charge >= 0.3 is 12.3 Å². The summed E-state index contributed by atoms with van der Waals surface area (Å²) >= 11 is 5.73. The molecule has 0 spiro atoms. The van der Waals surface area contributed by atoms with Gasteiger partial charge in [-0.25, -0.2) is 18.6 Å². The summed E-state index contributed by atoms with van der Waals surface area (Å²) < 4.78 is 70.9.